The molecule has 0 saturated heterocycles. The van der Waals surface area contributed by atoms with Crippen LogP contribution in [-0.2, 0) is 14.3 Å². The third-order valence-corrected chi connectivity index (χ3v) is 7.29. The van der Waals surface area contributed by atoms with Gasteiger partial charge < -0.3 is 20.1 Å². The number of alkyl carbamates (subject to hydrolysis) is 1. The molecule has 0 aromatic heterocycles. The van der Waals surface area contributed by atoms with E-state index in [1.807, 2.05) is 38.1 Å². The molecule has 0 bridgehead atoms. The fourth-order valence-corrected chi connectivity index (χ4v) is 5.41. The second-order valence-corrected chi connectivity index (χ2v) is 9.86. The van der Waals surface area contributed by atoms with Crippen LogP contribution in [0.4, 0.5) is 4.79 Å². The van der Waals surface area contributed by atoms with E-state index in [1.165, 1.54) is 4.90 Å². The highest BCUT2D eigenvalue weighted by Gasteiger charge is 2.34. The fraction of sp³-hybridized carbons (Fsp3) is 0.464. The molecule has 4 rings (SSSR count). The van der Waals surface area contributed by atoms with Crippen molar-refractivity contribution < 1.29 is 24.2 Å². The zero-order valence-electron chi connectivity index (χ0n) is 20.4. The average molecular weight is 479 g/mol. The first-order valence-corrected chi connectivity index (χ1v) is 12.5. The number of benzene rings is 2. The number of ether oxygens (including phenoxy) is 1. The van der Waals surface area contributed by atoms with E-state index in [1.54, 1.807) is 0 Å². The number of carbonyl (C=O) groups is 3. The third kappa shape index (κ3) is 5.50. The third-order valence-electron chi connectivity index (χ3n) is 7.29. The summed E-state index contributed by atoms with van der Waals surface area (Å²) in [6.07, 6.45) is 3.07. The molecule has 2 aromatic rings. The second-order valence-electron chi connectivity index (χ2n) is 9.86. The van der Waals surface area contributed by atoms with Crippen molar-refractivity contribution in [1.29, 1.82) is 0 Å². The van der Waals surface area contributed by atoms with Crippen LogP contribution in [0.25, 0.3) is 11.1 Å². The van der Waals surface area contributed by atoms with Crippen LogP contribution in [0.15, 0.2) is 48.5 Å². The minimum atomic E-state index is -1.02. The molecule has 2 aromatic carbocycles. The molecule has 2 aliphatic rings. The summed E-state index contributed by atoms with van der Waals surface area (Å²) in [7, 11) is 0. The number of carbonyl (C=O) groups excluding carboxylic acids is 2. The van der Waals surface area contributed by atoms with E-state index >= 15 is 0 Å². The van der Waals surface area contributed by atoms with Crippen LogP contribution in [-0.4, -0.2) is 53.7 Å². The van der Waals surface area contributed by atoms with Crippen molar-refractivity contribution in [2.45, 2.75) is 51.5 Å². The SMILES string of the molecule is CC(C)C(CNC(=O)OCC1c2ccccc2-c2ccccc21)C(=O)N(CC(=O)O)C1CCCC1. The maximum absolute atomic E-state index is 13.3. The lowest BCUT2D eigenvalue weighted by molar-refractivity contribution is -0.149. The molecule has 7 nitrogen and oxygen atoms in total. The minimum Gasteiger partial charge on any atom is -0.480 e. The Morgan fingerprint density at radius 3 is 2.11 bits per heavy atom. The molecule has 1 unspecified atom stereocenters. The summed E-state index contributed by atoms with van der Waals surface area (Å²) in [5.41, 5.74) is 4.59. The maximum atomic E-state index is 13.3. The first-order valence-electron chi connectivity index (χ1n) is 12.5. The molecule has 0 aliphatic heterocycles. The Morgan fingerprint density at radius 1 is 1.00 bits per heavy atom. The molecule has 186 valence electrons. The van der Waals surface area contributed by atoms with Gasteiger partial charge in [0.2, 0.25) is 5.91 Å². The predicted octanol–water partition coefficient (Wildman–Crippen LogP) is 4.65. The number of nitrogens with zero attached hydrogens (tertiary/aromatic N) is 1. The molecular formula is C28H34N2O5. The number of hydrogen-bond acceptors (Lipinski definition) is 4. The molecule has 2 aliphatic carbocycles. The summed E-state index contributed by atoms with van der Waals surface area (Å²) >= 11 is 0. The van der Waals surface area contributed by atoms with Gasteiger partial charge in [0, 0.05) is 18.5 Å². The normalized spacial score (nSPS) is 16.0. The zero-order valence-corrected chi connectivity index (χ0v) is 20.4. The number of carboxylic acids is 1. The summed E-state index contributed by atoms with van der Waals surface area (Å²) in [6, 6.07) is 16.2. The number of carboxylic acid groups (broad SMARTS) is 1. The summed E-state index contributed by atoms with van der Waals surface area (Å²) in [5.74, 6) is -1.85. The quantitative estimate of drug-likeness (QED) is 0.547. The highest BCUT2D eigenvalue weighted by Crippen LogP contribution is 2.44. The van der Waals surface area contributed by atoms with Gasteiger partial charge in [-0.3, -0.25) is 9.59 Å². The van der Waals surface area contributed by atoms with Gasteiger partial charge in [0.1, 0.15) is 13.2 Å². The van der Waals surface area contributed by atoms with Gasteiger partial charge in [-0.1, -0.05) is 75.2 Å². The number of amides is 2. The number of aliphatic carboxylic acids is 1. The molecule has 35 heavy (non-hydrogen) atoms. The molecule has 7 heteroatoms. The first-order chi connectivity index (χ1) is 16.9. The van der Waals surface area contributed by atoms with E-state index < -0.39 is 18.0 Å². The van der Waals surface area contributed by atoms with Crippen molar-refractivity contribution in [1.82, 2.24) is 10.2 Å². The Kier molecular flexibility index (Phi) is 7.73. The standard InChI is InChI=1S/C28H34N2O5/c1-18(2)24(27(33)30(16-26(31)32)19-9-3-4-10-19)15-29-28(34)35-17-25-22-13-7-5-11-20(22)21-12-6-8-14-23(21)25/h5-8,11-14,18-19,24-25H,3-4,9-10,15-17H2,1-2H3,(H,29,34)(H,31,32). The van der Waals surface area contributed by atoms with E-state index in [-0.39, 0.29) is 43.5 Å². The maximum Gasteiger partial charge on any atom is 0.407 e. The van der Waals surface area contributed by atoms with Crippen LogP contribution in [0.5, 0.6) is 0 Å². The molecule has 0 radical (unpaired) electrons. The number of hydrogen-bond donors (Lipinski definition) is 2. The van der Waals surface area contributed by atoms with E-state index in [2.05, 4.69) is 29.6 Å². The average Bonchev–Trinajstić information content (AvgIpc) is 3.48. The highest BCUT2D eigenvalue weighted by atomic mass is 16.5. The van der Waals surface area contributed by atoms with E-state index in [0.29, 0.717) is 0 Å². The van der Waals surface area contributed by atoms with Crippen molar-refractivity contribution in [3.8, 4) is 11.1 Å². The van der Waals surface area contributed by atoms with Crippen molar-refractivity contribution in [3.63, 3.8) is 0 Å². The van der Waals surface area contributed by atoms with Crippen LogP contribution in [0.1, 0.15) is 56.6 Å². The van der Waals surface area contributed by atoms with E-state index in [4.69, 9.17) is 4.74 Å². The van der Waals surface area contributed by atoms with Crippen molar-refractivity contribution in [3.05, 3.63) is 59.7 Å². The van der Waals surface area contributed by atoms with Gasteiger partial charge in [0.25, 0.3) is 0 Å². The predicted molar refractivity (Wildman–Crippen MR) is 133 cm³/mol. The molecule has 1 saturated carbocycles. The first kappa shape index (κ1) is 24.8. The van der Waals surface area contributed by atoms with Gasteiger partial charge in [-0.15, -0.1) is 0 Å². The lowest BCUT2D eigenvalue weighted by atomic mass is 9.93. The Hall–Kier alpha value is -3.35. The Morgan fingerprint density at radius 2 is 1.57 bits per heavy atom. The van der Waals surface area contributed by atoms with E-state index in [9.17, 15) is 19.5 Å². The summed E-state index contributed by atoms with van der Waals surface area (Å²) in [4.78, 5) is 38.9. The molecule has 1 fully saturated rings. The van der Waals surface area contributed by atoms with Gasteiger partial charge in [0.15, 0.2) is 0 Å². The Bertz CT molecular complexity index is 1030. The van der Waals surface area contributed by atoms with Crippen LogP contribution in [0.3, 0.4) is 0 Å². The number of fused-ring (bicyclic) bond motifs is 3. The molecule has 0 spiro atoms. The molecule has 1 atom stereocenters. The zero-order chi connectivity index (χ0) is 24.9. The molecule has 2 amide bonds. The van der Waals surface area contributed by atoms with Crippen LogP contribution in [0, 0.1) is 11.8 Å². The van der Waals surface area contributed by atoms with E-state index in [0.717, 1.165) is 47.9 Å². The van der Waals surface area contributed by atoms with Crippen molar-refractivity contribution in [2.75, 3.05) is 19.7 Å². The molecule has 2 N–H and O–H groups in total. The monoisotopic (exact) mass is 478 g/mol. The molecule has 0 heterocycles. The topological polar surface area (TPSA) is 95.9 Å². The minimum absolute atomic E-state index is 0.0379. The Balaban J connectivity index is 1.38. The fourth-order valence-electron chi connectivity index (χ4n) is 5.41. The van der Waals surface area contributed by atoms with Crippen LogP contribution >= 0.6 is 0 Å². The van der Waals surface area contributed by atoms with Crippen molar-refractivity contribution >= 4 is 18.0 Å². The summed E-state index contributed by atoms with van der Waals surface area (Å²) in [5, 5.41) is 12.1. The van der Waals surface area contributed by atoms with Gasteiger partial charge in [-0.25, -0.2) is 4.79 Å². The smallest absolute Gasteiger partial charge is 0.407 e. The largest absolute Gasteiger partial charge is 0.480 e. The Labute approximate surface area is 206 Å². The highest BCUT2D eigenvalue weighted by molar-refractivity contribution is 5.84. The van der Waals surface area contributed by atoms with Crippen molar-refractivity contribution in [2.24, 2.45) is 11.8 Å². The number of rotatable bonds is 9. The lowest BCUT2D eigenvalue weighted by Gasteiger charge is -2.32. The van der Waals surface area contributed by atoms with Crippen LogP contribution < -0.4 is 5.32 Å². The summed E-state index contributed by atoms with van der Waals surface area (Å²) in [6.45, 7) is 3.83. The van der Waals surface area contributed by atoms with Gasteiger partial charge >= 0.3 is 12.1 Å². The second kappa shape index (κ2) is 10.9. The van der Waals surface area contributed by atoms with Gasteiger partial charge in [-0.05, 0) is 41.0 Å². The lowest BCUT2D eigenvalue weighted by Crippen LogP contribution is -2.49. The van der Waals surface area contributed by atoms with Gasteiger partial charge in [0.05, 0.1) is 5.92 Å². The number of nitrogens with one attached hydrogen (secondary N) is 1. The van der Waals surface area contributed by atoms with Gasteiger partial charge in [-0.2, -0.15) is 0 Å². The molecular weight excluding hydrogens is 444 g/mol. The van der Waals surface area contributed by atoms with Crippen LogP contribution in [0.2, 0.25) is 0 Å². The summed E-state index contributed by atoms with van der Waals surface area (Å²) < 4.78 is 5.61.